The maximum atomic E-state index is 12.6. The second-order valence-corrected chi connectivity index (χ2v) is 6.58. The molecule has 0 saturated carbocycles. The largest absolute Gasteiger partial charge is 0.503 e. The van der Waals surface area contributed by atoms with Crippen LogP contribution in [0.3, 0.4) is 0 Å². The average Bonchev–Trinajstić information content (AvgIpc) is 3.11. The summed E-state index contributed by atoms with van der Waals surface area (Å²) >= 11 is 1.20. The number of aromatic nitrogens is 2. The van der Waals surface area contributed by atoms with Crippen LogP contribution in [0.25, 0.3) is 0 Å². The molecule has 0 aliphatic carbocycles. The summed E-state index contributed by atoms with van der Waals surface area (Å²) in [6.07, 6.45) is 3.03. The Morgan fingerprint density at radius 2 is 2.28 bits per heavy atom. The van der Waals surface area contributed by atoms with Crippen LogP contribution in [0.4, 0.5) is 5.13 Å². The quantitative estimate of drug-likeness (QED) is 0.803. The van der Waals surface area contributed by atoms with Crippen LogP contribution in [-0.4, -0.2) is 50.8 Å². The number of nitrogens with zero attached hydrogens (tertiary/aromatic N) is 3. The van der Waals surface area contributed by atoms with Crippen LogP contribution in [-0.2, 0) is 11.3 Å². The first-order valence-corrected chi connectivity index (χ1v) is 8.54. The van der Waals surface area contributed by atoms with Crippen molar-refractivity contribution in [2.24, 2.45) is 0 Å². The smallest absolute Gasteiger partial charge is 0.276 e. The van der Waals surface area contributed by atoms with Gasteiger partial charge >= 0.3 is 0 Å². The number of fused-ring (bicyclic) bond motifs is 2. The summed E-state index contributed by atoms with van der Waals surface area (Å²) in [7, 11) is 0. The third-order valence-electron chi connectivity index (χ3n) is 4.17. The van der Waals surface area contributed by atoms with Crippen molar-refractivity contribution < 1.29 is 19.4 Å². The molecule has 130 valence electrons. The molecule has 10 heteroatoms. The molecule has 2 aliphatic heterocycles. The highest BCUT2D eigenvalue weighted by atomic mass is 32.1. The summed E-state index contributed by atoms with van der Waals surface area (Å²) in [5, 5.41) is 14.8. The fraction of sp³-hybridized carbons (Fsp3) is 0.333. The number of aromatic hydroxyl groups is 1. The van der Waals surface area contributed by atoms with Gasteiger partial charge in [0.15, 0.2) is 22.8 Å². The van der Waals surface area contributed by atoms with E-state index >= 15 is 0 Å². The number of ether oxygens (including phenoxy) is 1. The molecule has 2 aromatic heterocycles. The normalized spacial score (nSPS) is 19.3. The van der Waals surface area contributed by atoms with Gasteiger partial charge in [-0.2, -0.15) is 0 Å². The standard InChI is InChI=1S/C15H14N4O5S/c20-11-8(13(22)17-15-16-2-5-25-15)6-18-7-9-19(3-1-4-24-9)14(23)10(18)12(11)21/h2,5-6,9,21H,1,3-4,7H2,(H,16,17,22). The van der Waals surface area contributed by atoms with Crippen LogP contribution in [0, 0.1) is 0 Å². The van der Waals surface area contributed by atoms with E-state index in [9.17, 15) is 19.5 Å². The van der Waals surface area contributed by atoms with E-state index in [4.69, 9.17) is 4.74 Å². The zero-order valence-corrected chi connectivity index (χ0v) is 13.8. The zero-order valence-electron chi connectivity index (χ0n) is 13.0. The minimum atomic E-state index is -0.884. The maximum absolute atomic E-state index is 12.6. The number of carbonyl (C=O) groups is 2. The third-order valence-corrected chi connectivity index (χ3v) is 4.86. The van der Waals surface area contributed by atoms with E-state index in [2.05, 4.69) is 10.3 Å². The minimum absolute atomic E-state index is 0.113. The van der Waals surface area contributed by atoms with E-state index in [-0.39, 0.29) is 17.8 Å². The van der Waals surface area contributed by atoms with E-state index < -0.39 is 29.2 Å². The molecule has 2 N–H and O–H groups in total. The van der Waals surface area contributed by atoms with Crippen molar-refractivity contribution >= 4 is 28.3 Å². The lowest BCUT2D eigenvalue weighted by Crippen LogP contribution is -2.53. The van der Waals surface area contributed by atoms with Crippen molar-refractivity contribution in [1.29, 1.82) is 0 Å². The highest BCUT2D eigenvalue weighted by Crippen LogP contribution is 2.26. The molecule has 1 unspecified atom stereocenters. The Balaban J connectivity index is 1.74. The SMILES string of the molecule is O=C(Nc1nccs1)c1cn2c(c(O)c1=O)C(=O)N1CCCOC1C2. The Labute approximate surface area is 145 Å². The van der Waals surface area contributed by atoms with E-state index in [1.807, 2.05) is 0 Å². The molecule has 0 spiro atoms. The lowest BCUT2D eigenvalue weighted by molar-refractivity contribution is -0.0920. The summed E-state index contributed by atoms with van der Waals surface area (Å²) in [5.74, 6) is -1.89. The topological polar surface area (TPSA) is 114 Å². The maximum Gasteiger partial charge on any atom is 0.276 e. The number of nitrogens with one attached hydrogen (secondary N) is 1. The number of rotatable bonds is 2. The highest BCUT2D eigenvalue weighted by molar-refractivity contribution is 7.13. The fourth-order valence-corrected chi connectivity index (χ4v) is 3.53. The average molecular weight is 362 g/mol. The summed E-state index contributed by atoms with van der Waals surface area (Å²) in [5.41, 5.74) is -1.25. The van der Waals surface area contributed by atoms with Crippen LogP contribution < -0.4 is 10.7 Å². The van der Waals surface area contributed by atoms with Gasteiger partial charge in [-0.25, -0.2) is 4.98 Å². The lowest BCUT2D eigenvalue weighted by Gasteiger charge is -2.40. The molecule has 2 aliphatic rings. The summed E-state index contributed by atoms with van der Waals surface area (Å²) in [6, 6.07) is 0. The van der Waals surface area contributed by atoms with E-state index in [0.29, 0.717) is 24.7 Å². The number of pyridine rings is 1. The number of anilines is 1. The van der Waals surface area contributed by atoms with Gasteiger partial charge in [-0.05, 0) is 6.42 Å². The van der Waals surface area contributed by atoms with Gasteiger partial charge in [0.2, 0.25) is 5.43 Å². The lowest BCUT2D eigenvalue weighted by atomic mass is 10.1. The van der Waals surface area contributed by atoms with Gasteiger partial charge in [-0.1, -0.05) is 0 Å². The molecular formula is C15H14N4O5S. The second kappa shape index (κ2) is 5.97. The Hall–Kier alpha value is -2.72. The van der Waals surface area contributed by atoms with Crippen LogP contribution in [0.2, 0.25) is 0 Å². The van der Waals surface area contributed by atoms with Gasteiger partial charge in [0, 0.05) is 24.3 Å². The molecule has 4 heterocycles. The first kappa shape index (κ1) is 15.8. The Morgan fingerprint density at radius 3 is 3.04 bits per heavy atom. The van der Waals surface area contributed by atoms with E-state index in [1.54, 1.807) is 5.38 Å². The molecule has 4 rings (SSSR count). The van der Waals surface area contributed by atoms with Gasteiger partial charge in [0.05, 0.1) is 13.2 Å². The number of thiazole rings is 1. The van der Waals surface area contributed by atoms with Crippen molar-refractivity contribution in [1.82, 2.24) is 14.5 Å². The predicted molar refractivity (Wildman–Crippen MR) is 87.8 cm³/mol. The van der Waals surface area contributed by atoms with Gasteiger partial charge in [-0.3, -0.25) is 19.7 Å². The monoisotopic (exact) mass is 362 g/mol. The molecule has 2 amide bonds. The van der Waals surface area contributed by atoms with Crippen LogP contribution in [0.5, 0.6) is 5.75 Å². The predicted octanol–water partition coefficient (Wildman–Crippen LogP) is 0.465. The van der Waals surface area contributed by atoms with Crippen molar-refractivity contribution in [2.75, 3.05) is 18.5 Å². The van der Waals surface area contributed by atoms with E-state index in [0.717, 1.165) is 0 Å². The summed E-state index contributed by atoms with van der Waals surface area (Å²) in [6.45, 7) is 1.28. The molecule has 0 aromatic carbocycles. The molecule has 1 fully saturated rings. The molecule has 25 heavy (non-hydrogen) atoms. The molecule has 0 bridgehead atoms. The summed E-state index contributed by atoms with van der Waals surface area (Å²) in [4.78, 5) is 42.7. The van der Waals surface area contributed by atoms with Crippen LogP contribution in [0.15, 0.2) is 22.6 Å². The zero-order chi connectivity index (χ0) is 17.6. The molecule has 9 nitrogen and oxygen atoms in total. The Kier molecular flexibility index (Phi) is 3.77. The van der Waals surface area contributed by atoms with Gasteiger partial charge in [0.1, 0.15) is 5.56 Å². The number of amides is 2. The van der Waals surface area contributed by atoms with Crippen molar-refractivity contribution in [3.05, 3.63) is 39.3 Å². The van der Waals surface area contributed by atoms with E-state index in [1.165, 1.54) is 33.2 Å². The number of carbonyl (C=O) groups excluding carboxylic acids is 2. The van der Waals surface area contributed by atoms with Crippen molar-refractivity contribution in [3.63, 3.8) is 0 Å². The summed E-state index contributed by atoms with van der Waals surface area (Å²) < 4.78 is 6.99. The van der Waals surface area contributed by atoms with Gasteiger partial charge in [-0.15, -0.1) is 11.3 Å². The van der Waals surface area contributed by atoms with Crippen LogP contribution >= 0.6 is 11.3 Å². The molecule has 1 atom stereocenters. The van der Waals surface area contributed by atoms with Crippen molar-refractivity contribution in [3.8, 4) is 5.75 Å². The molecular weight excluding hydrogens is 348 g/mol. The van der Waals surface area contributed by atoms with Gasteiger partial charge in [0.25, 0.3) is 11.8 Å². The molecule has 0 radical (unpaired) electrons. The molecule has 2 aromatic rings. The first-order chi connectivity index (χ1) is 12.1. The number of hydrogen-bond donors (Lipinski definition) is 2. The third kappa shape index (κ3) is 2.59. The number of hydrogen-bond acceptors (Lipinski definition) is 7. The van der Waals surface area contributed by atoms with Crippen LogP contribution in [0.1, 0.15) is 27.3 Å². The second-order valence-electron chi connectivity index (χ2n) is 5.69. The van der Waals surface area contributed by atoms with Crippen molar-refractivity contribution in [2.45, 2.75) is 19.2 Å². The van der Waals surface area contributed by atoms with Gasteiger partial charge < -0.3 is 19.3 Å². The minimum Gasteiger partial charge on any atom is -0.503 e. The molecule has 1 saturated heterocycles. The Morgan fingerprint density at radius 1 is 1.44 bits per heavy atom. The highest BCUT2D eigenvalue weighted by Gasteiger charge is 2.38. The fourth-order valence-electron chi connectivity index (χ4n) is 3.01. The first-order valence-electron chi connectivity index (χ1n) is 7.66. The Bertz CT molecular complexity index is 907.